The molecule has 0 aliphatic rings. The Hall–Kier alpha value is 0.0700. The van der Waals surface area contributed by atoms with Gasteiger partial charge in [0, 0.05) is 10.7 Å². The van der Waals surface area contributed by atoms with Crippen LogP contribution in [0.5, 0.6) is 0 Å². The van der Waals surface area contributed by atoms with E-state index in [1.54, 1.807) is 6.20 Å². The van der Waals surface area contributed by atoms with Crippen molar-refractivity contribution in [3.63, 3.8) is 0 Å². The van der Waals surface area contributed by atoms with Crippen molar-refractivity contribution in [1.82, 2.24) is 4.98 Å². The maximum absolute atomic E-state index is 5.59. The number of anilines is 1. The van der Waals surface area contributed by atoms with E-state index < -0.39 is 0 Å². The molecule has 11 heavy (non-hydrogen) atoms. The first kappa shape index (κ1) is 9.16. The van der Waals surface area contributed by atoms with E-state index in [9.17, 15) is 0 Å². The molecule has 1 heterocycles. The molecule has 0 saturated heterocycles. The van der Waals surface area contributed by atoms with Gasteiger partial charge in [0.25, 0.3) is 0 Å². The van der Waals surface area contributed by atoms with Crippen LogP contribution in [0.4, 0.5) is 5.82 Å². The third-order valence-electron chi connectivity index (χ3n) is 1.33. The second-order valence-corrected chi connectivity index (χ2v) is 3.90. The molecule has 0 atom stereocenters. The highest BCUT2D eigenvalue weighted by molar-refractivity contribution is 9.10. The van der Waals surface area contributed by atoms with Crippen LogP contribution in [0.2, 0.25) is 0 Å². The van der Waals surface area contributed by atoms with Gasteiger partial charge in [0.15, 0.2) is 0 Å². The van der Waals surface area contributed by atoms with Gasteiger partial charge in [0.05, 0.1) is 4.90 Å². The number of pyridine rings is 1. The van der Waals surface area contributed by atoms with E-state index in [4.69, 9.17) is 16.4 Å². The molecule has 0 aromatic carbocycles. The second kappa shape index (κ2) is 3.65. The first-order chi connectivity index (χ1) is 5.16. The molecular formula is C6H6BrClN2S. The van der Waals surface area contributed by atoms with E-state index >= 15 is 0 Å². The van der Waals surface area contributed by atoms with Gasteiger partial charge in [-0.2, -0.15) is 0 Å². The van der Waals surface area contributed by atoms with E-state index in [0.29, 0.717) is 5.82 Å². The lowest BCUT2D eigenvalue weighted by Crippen LogP contribution is -1.94. The lowest BCUT2D eigenvalue weighted by atomic mass is 10.3. The molecular weight excluding hydrogens is 248 g/mol. The van der Waals surface area contributed by atoms with Crippen molar-refractivity contribution in [1.29, 1.82) is 0 Å². The molecule has 2 N–H and O–H groups in total. The maximum Gasteiger partial charge on any atom is 0.138 e. The lowest BCUT2D eigenvalue weighted by Gasteiger charge is -2.04. The van der Waals surface area contributed by atoms with Crippen molar-refractivity contribution in [2.75, 3.05) is 5.73 Å². The highest BCUT2D eigenvalue weighted by Crippen LogP contribution is 2.33. The van der Waals surface area contributed by atoms with Crippen molar-refractivity contribution in [2.24, 2.45) is 0 Å². The van der Waals surface area contributed by atoms with Gasteiger partial charge in [-0.3, -0.25) is 0 Å². The molecule has 1 rings (SSSR count). The molecule has 0 saturated carbocycles. The van der Waals surface area contributed by atoms with Crippen LogP contribution in [0.15, 0.2) is 15.6 Å². The molecule has 0 aliphatic heterocycles. The first-order valence-electron chi connectivity index (χ1n) is 2.86. The van der Waals surface area contributed by atoms with Crippen molar-refractivity contribution in [2.45, 2.75) is 11.8 Å². The third-order valence-corrected chi connectivity index (χ3v) is 3.26. The van der Waals surface area contributed by atoms with Crippen molar-refractivity contribution in [3.05, 3.63) is 16.2 Å². The van der Waals surface area contributed by atoms with Gasteiger partial charge in [-0.05, 0) is 50.1 Å². The minimum Gasteiger partial charge on any atom is -0.383 e. The molecule has 5 heteroatoms. The van der Waals surface area contributed by atoms with Gasteiger partial charge in [-0.25, -0.2) is 4.98 Å². The summed E-state index contributed by atoms with van der Waals surface area (Å²) in [6.07, 6.45) is 1.67. The summed E-state index contributed by atoms with van der Waals surface area (Å²) in [6.45, 7) is 1.94. The largest absolute Gasteiger partial charge is 0.383 e. The number of hydrogen-bond donors (Lipinski definition) is 1. The van der Waals surface area contributed by atoms with E-state index in [1.165, 1.54) is 0 Å². The monoisotopic (exact) mass is 252 g/mol. The average Bonchev–Trinajstić information content (AvgIpc) is 1.99. The summed E-state index contributed by atoms with van der Waals surface area (Å²) < 4.78 is 0.926. The van der Waals surface area contributed by atoms with Crippen LogP contribution in [0, 0.1) is 6.92 Å². The summed E-state index contributed by atoms with van der Waals surface area (Å²) in [5.74, 6) is 0.478. The van der Waals surface area contributed by atoms with Crippen LogP contribution in [0.3, 0.4) is 0 Å². The minimum absolute atomic E-state index is 0.478. The SMILES string of the molecule is Cc1c(Br)cnc(N)c1SCl. The number of nitrogens with two attached hydrogens (primary N) is 1. The van der Waals surface area contributed by atoms with Gasteiger partial charge >= 0.3 is 0 Å². The molecule has 0 spiro atoms. The number of hydrogen-bond acceptors (Lipinski definition) is 3. The van der Waals surface area contributed by atoms with Gasteiger partial charge in [0.1, 0.15) is 5.82 Å². The topological polar surface area (TPSA) is 38.9 Å². The summed E-state index contributed by atoms with van der Waals surface area (Å²) in [5.41, 5.74) is 6.59. The van der Waals surface area contributed by atoms with Crippen LogP contribution < -0.4 is 5.73 Å². The van der Waals surface area contributed by atoms with Crippen LogP contribution >= 0.6 is 37.6 Å². The zero-order valence-electron chi connectivity index (χ0n) is 5.77. The molecule has 60 valence electrons. The second-order valence-electron chi connectivity index (χ2n) is 2.02. The molecule has 1 aromatic heterocycles. The lowest BCUT2D eigenvalue weighted by molar-refractivity contribution is 1.17. The van der Waals surface area contributed by atoms with Crippen molar-refractivity contribution >= 4 is 43.4 Å². The number of nitrogen functional groups attached to an aromatic ring is 1. The Bertz CT molecular complexity index is 280. The smallest absolute Gasteiger partial charge is 0.138 e. The fraction of sp³-hybridized carbons (Fsp3) is 0.167. The zero-order valence-corrected chi connectivity index (χ0v) is 8.92. The Labute approximate surface area is 82.2 Å². The maximum atomic E-state index is 5.59. The standard InChI is InChI=1S/C6H6BrClN2S/c1-3-4(7)2-10-6(9)5(3)11-8/h2H,1H3,(H2,9,10). The number of nitrogens with zero attached hydrogens (tertiary/aromatic N) is 1. The van der Waals surface area contributed by atoms with Gasteiger partial charge < -0.3 is 5.73 Å². The third kappa shape index (κ3) is 1.80. The predicted octanol–water partition coefficient (Wildman–Crippen LogP) is 2.98. The Morgan fingerprint density at radius 1 is 1.73 bits per heavy atom. The minimum atomic E-state index is 0.478. The number of aromatic nitrogens is 1. The highest BCUT2D eigenvalue weighted by atomic mass is 79.9. The Morgan fingerprint density at radius 2 is 2.36 bits per heavy atom. The molecule has 0 radical (unpaired) electrons. The molecule has 2 nitrogen and oxygen atoms in total. The van der Waals surface area contributed by atoms with Crippen molar-refractivity contribution < 1.29 is 0 Å². The predicted molar refractivity (Wildman–Crippen MR) is 52.8 cm³/mol. The van der Waals surface area contributed by atoms with Crippen LogP contribution in [0.1, 0.15) is 5.56 Å². The molecule has 0 unspecified atom stereocenters. The van der Waals surface area contributed by atoms with E-state index in [1.807, 2.05) is 6.92 Å². The fourth-order valence-corrected chi connectivity index (χ4v) is 2.05. The van der Waals surface area contributed by atoms with Crippen molar-refractivity contribution in [3.8, 4) is 0 Å². The Morgan fingerprint density at radius 3 is 2.82 bits per heavy atom. The first-order valence-corrected chi connectivity index (χ1v) is 5.29. The number of rotatable bonds is 1. The quantitative estimate of drug-likeness (QED) is 0.836. The molecule has 0 fully saturated rings. The fourth-order valence-electron chi connectivity index (χ4n) is 0.680. The average molecular weight is 254 g/mol. The number of halogens is 2. The highest BCUT2D eigenvalue weighted by Gasteiger charge is 2.06. The van der Waals surface area contributed by atoms with Crippen LogP contribution in [-0.4, -0.2) is 4.98 Å². The summed E-state index contributed by atoms with van der Waals surface area (Å²) in [6, 6.07) is 0. The molecule has 0 amide bonds. The summed E-state index contributed by atoms with van der Waals surface area (Å²) in [5, 5.41) is 0. The van der Waals surface area contributed by atoms with Crippen LogP contribution in [-0.2, 0) is 0 Å². The molecule has 1 aromatic rings. The molecule has 0 bridgehead atoms. The summed E-state index contributed by atoms with van der Waals surface area (Å²) in [7, 11) is 6.68. The van der Waals surface area contributed by atoms with Crippen LogP contribution in [0.25, 0.3) is 0 Å². The summed E-state index contributed by atoms with van der Waals surface area (Å²) >= 11 is 3.33. The van der Waals surface area contributed by atoms with E-state index in [0.717, 1.165) is 25.9 Å². The van der Waals surface area contributed by atoms with Gasteiger partial charge in [0.2, 0.25) is 0 Å². The van der Waals surface area contributed by atoms with E-state index in [-0.39, 0.29) is 0 Å². The van der Waals surface area contributed by atoms with Gasteiger partial charge in [-0.1, -0.05) is 0 Å². The Balaban J connectivity index is 3.29. The Kier molecular flexibility index (Phi) is 3.04. The normalized spacial score (nSPS) is 10.1. The van der Waals surface area contributed by atoms with Gasteiger partial charge in [-0.15, -0.1) is 0 Å². The zero-order chi connectivity index (χ0) is 8.43. The molecule has 0 aliphatic carbocycles. The van der Waals surface area contributed by atoms with E-state index in [2.05, 4.69) is 20.9 Å². The summed E-state index contributed by atoms with van der Waals surface area (Å²) in [4.78, 5) is 4.76.